The predicted octanol–water partition coefficient (Wildman–Crippen LogP) is 5.06. The van der Waals surface area contributed by atoms with Crippen molar-refractivity contribution < 1.29 is 18.7 Å². The molecular formula is C34H35FN6O4Si. The number of ether oxygens (including phenoxy) is 1. The summed E-state index contributed by atoms with van der Waals surface area (Å²) in [4.78, 5) is 30.0. The molecule has 0 unspecified atom stereocenters. The lowest BCUT2D eigenvalue weighted by Gasteiger charge is -2.31. The van der Waals surface area contributed by atoms with Crippen LogP contribution < -0.4 is 10.5 Å². The van der Waals surface area contributed by atoms with Gasteiger partial charge in [0.15, 0.2) is 5.60 Å². The Kier molecular flexibility index (Phi) is 7.45. The van der Waals surface area contributed by atoms with Crippen LogP contribution >= 0.6 is 0 Å². The van der Waals surface area contributed by atoms with E-state index in [1.807, 2.05) is 61.5 Å². The Bertz CT molecular complexity index is 1990. The van der Waals surface area contributed by atoms with Crippen LogP contribution in [0, 0.1) is 5.92 Å². The number of aryl methyl sites for hydroxylation is 1. The number of carbonyl (C=O) groups excluding carboxylic acids is 1. The van der Waals surface area contributed by atoms with Crippen LogP contribution in [0.1, 0.15) is 24.6 Å². The van der Waals surface area contributed by atoms with Crippen LogP contribution in [0.3, 0.4) is 0 Å². The summed E-state index contributed by atoms with van der Waals surface area (Å²) in [5, 5.41) is 23.3. The molecule has 1 amide bonds. The van der Waals surface area contributed by atoms with Crippen molar-refractivity contribution >= 4 is 36.5 Å². The molecule has 2 aromatic heterocycles. The maximum atomic E-state index is 16.3. The largest absolute Gasteiger partial charge is 0.396 e. The summed E-state index contributed by atoms with van der Waals surface area (Å²) in [6.45, 7) is 5.63. The molecule has 0 radical (unpaired) electrons. The van der Waals surface area contributed by atoms with E-state index in [4.69, 9.17) is 4.74 Å². The minimum atomic E-state index is -3.40. The Labute approximate surface area is 266 Å². The van der Waals surface area contributed by atoms with Gasteiger partial charge in [-0.15, -0.1) is 5.10 Å². The van der Waals surface area contributed by atoms with Gasteiger partial charge in [0.2, 0.25) is 8.41 Å². The van der Waals surface area contributed by atoms with Gasteiger partial charge < -0.3 is 14.0 Å². The highest BCUT2D eigenvalue weighted by atomic mass is 28.4. The number of aliphatic hydroxyl groups excluding tert-OH is 1. The van der Waals surface area contributed by atoms with Crippen LogP contribution in [-0.4, -0.2) is 56.9 Å². The van der Waals surface area contributed by atoms with Crippen LogP contribution in [0.25, 0.3) is 16.5 Å². The molecule has 5 aromatic rings. The van der Waals surface area contributed by atoms with E-state index in [1.165, 1.54) is 4.68 Å². The van der Waals surface area contributed by atoms with Crippen molar-refractivity contribution in [1.82, 2.24) is 24.8 Å². The Morgan fingerprint density at radius 3 is 2.54 bits per heavy atom. The second-order valence-electron chi connectivity index (χ2n) is 12.6. The quantitative estimate of drug-likeness (QED) is 0.187. The van der Waals surface area contributed by atoms with Gasteiger partial charge in [-0.3, -0.25) is 19.2 Å². The molecule has 1 fully saturated rings. The molecule has 4 heterocycles. The number of nitrogens with zero attached hydrogens (tertiary/aromatic N) is 6. The fraction of sp³-hybridized carbons (Fsp3) is 0.324. The fourth-order valence-electron chi connectivity index (χ4n) is 7.41. The van der Waals surface area contributed by atoms with Gasteiger partial charge >= 0.3 is 0 Å². The first-order valence-corrected chi connectivity index (χ1v) is 18.5. The molecule has 3 aromatic carbocycles. The number of aromatic nitrogens is 5. The molecule has 0 bridgehead atoms. The molecule has 1 N–H and O–H groups in total. The highest BCUT2D eigenvalue weighted by Gasteiger charge is 2.67. The number of amides is 1. The number of carbonyl (C=O) groups is 1. The third-order valence-corrected chi connectivity index (χ3v) is 11.9. The van der Waals surface area contributed by atoms with Crippen LogP contribution in [-0.2, 0) is 28.1 Å². The van der Waals surface area contributed by atoms with Crippen molar-refractivity contribution in [2.45, 2.75) is 56.7 Å². The molecule has 236 valence electrons. The summed E-state index contributed by atoms with van der Waals surface area (Å²) < 4.78 is 26.3. The lowest BCUT2D eigenvalue weighted by Crippen LogP contribution is -2.44. The molecule has 1 saturated heterocycles. The average Bonchev–Trinajstić information content (AvgIpc) is 3.69. The van der Waals surface area contributed by atoms with E-state index < -0.39 is 31.6 Å². The first-order valence-electron chi connectivity index (χ1n) is 15.5. The molecular weight excluding hydrogens is 603 g/mol. The number of fused-ring (bicyclic) bond motifs is 3. The lowest BCUT2D eigenvalue weighted by atomic mass is 9.82. The van der Waals surface area contributed by atoms with Gasteiger partial charge in [0.05, 0.1) is 34.8 Å². The maximum Gasteiger partial charge on any atom is 0.279 e. The Morgan fingerprint density at radius 2 is 1.78 bits per heavy atom. The molecule has 7 rings (SSSR count). The summed E-state index contributed by atoms with van der Waals surface area (Å²) in [7, 11) is -3.40. The van der Waals surface area contributed by atoms with E-state index in [-0.39, 0.29) is 18.1 Å². The van der Waals surface area contributed by atoms with Crippen molar-refractivity contribution in [2.75, 3.05) is 11.5 Å². The van der Waals surface area contributed by atoms with Crippen molar-refractivity contribution in [1.29, 1.82) is 0 Å². The first kappa shape index (κ1) is 30.1. The third-order valence-electron chi connectivity index (χ3n) is 9.40. The zero-order valence-corrected chi connectivity index (χ0v) is 26.9. The van der Waals surface area contributed by atoms with Crippen molar-refractivity contribution in [3.8, 4) is 5.69 Å². The van der Waals surface area contributed by atoms with E-state index in [2.05, 4.69) is 15.4 Å². The van der Waals surface area contributed by atoms with Gasteiger partial charge in [-0.2, -0.15) is 9.78 Å². The van der Waals surface area contributed by atoms with Crippen molar-refractivity contribution in [3.63, 3.8) is 0 Å². The second-order valence-corrected chi connectivity index (χ2v) is 16.4. The van der Waals surface area contributed by atoms with E-state index >= 15 is 4.11 Å². The molecule has 2 aliphatic heterocycles. The van der Waals surface area contributed by atoms with Gasteiger partial charge in [0, 0.05) is 53.9 Å². The normalized spacial score (nSPS) is 22.7. The number of hydrogen-bond acceptors (Lipinski definition) is 7. The van der Waals surface area contributed by atoms with Crippen LogP contribution in [0.5, 0.6) is 0 Å². The zero-order valence-electron chi connectivity index (χ0n) is 25.9. The number of halogens is 1. The third kappa shape index (κ3) is 4.79. The molecule has 4 atom stereocenters. The number of benzene rings is 3. The lowest BCUT2D eigenvalue weighted by molar-refractivity contribution is -0.145. The second kappa shape index (κ2) is 11.4. The number of hydrogen-bond donors (Lipinski definition) is 1. The van der Waals surface area contributed by atoms with Gasteiger partial charge in [-0.05, 0) is 55.9 Å². The molecule has 10 nitrogen and oxygen atoms in total. The molecule has 0 aliphatic carbocycles. The zero-order chi connectivity index (χ0) is 32.2. The van der Waals surface area contributed by atoms with Crippen LogP contribution in [0.4, 0.5) is 15.5 Å². The Morgan fingerprint density at radius 1 is 1.02 bits per heavy atom. The van der Waals surface area contributed by atoms with Gasteiger partial charge in [-0.1, -0.05) is 48.5 Å². The van der Waals surface area contributed by atoms with E-state index in [0.29, 0.717) is 53.1 Å². The summed E-state index contributed by atoms with van der Waals surface area (Å²) in [5.41, 5.74) is 0.767. The van der Waals surface area contributed by atoms with Crippen LogP contribution in [0.2, 0.25) is 18.6 Å². The number of rotatable bonds is 8. The first-order chi connectivity index (χ1) is 22.1. The fourth-order valence-corrected chi connectivity index (χ4v) is 9.95. The molecule has 46 heavy (non-hydrogen) atoms. The molecule has 1 spiro atoms. The van der Waals surface area contributed by atoms with E-state index in [1.54, 1.807) is 53.3 Å². The van der Waals surface area contributed by atoms with E-state index in [0.717, 1.165) is 5.39 Å². The molecule has 0 saturated carbocycles. The predicted molar refractivity (Wildman–Crippen MR) is 174 cm³/mol. The SMILES string of the molecule is C[C@@H]1[C@@H]([Si](C)(C)F)[C@H](CCn2cc(CCO)nn2)O[C@@]12C(=O)N(c1ccccc1)c1ccc(-n3ncc4ccccc4c3=O)cc12. The highest BCUT2D eigenvalue weighted by Crippen LogP contribution is 2.61. The summed E-state index contributed by atoms with van der Waals surface area (Å²) >= 11 is 0. The van der Waals surface area contributed by atoms with Crippen molar-refractivity contribution in [2.24, 2.45) is 5.92 Å². The average molecular weight is 639 g/mol. The smallest absolute Gasteiger partial charge is 0.279 e. The topological polar surface area (TPSA) is 115 Å². The highest BCUT2D eigenvalue weighted by molar-refractivity contribution is 6.72. The summed E-state index contributed by atoms with van der Waals surface area (Å²) in [6.07, 6.45) is 3.65. The Hall–Kier alpha value is -4.52. The number of anilines is 2. The minimum Gasteiger partial charge on any atom is -0.396 e. The minimum absolute atomic E-state index is 0.0313. The van der Waals surface area contributed by atoms with Gasteiger partial charge in [0.1, 0.15) is 0 Å². The van der Waals surface area contributed by atoms with Crippen LogP contribution in [0.15, 0.2) is 90.0 Å². The number of para-hydroxylation sites is 1. The summed E-state index contributed by atoms with van der Waals surface area (Å²) in [6, 6.07) is 22.0. The maximum absolute atomic E-state index is 16.3. The van der Waals surface area contributed by atoms with Crippen molar-refractivity contribution in [3.05, 3.63) is 107 Å². The molecule has 12 heteroatoms. The number of aliphatic hydroxyl groups is 1. The Balaban J connectivity index is 1.35. The van der Waals surface area contributed by atoms with E-state index in [9.17, 15) is 14.7 Å². The van der Waals surface area contributed by atoms with Gasteiger partial charge in [0.25, 0.3) is 11.5 Å². The summed E-state index contributed by atoms with van der Waals surface area (Å²) in [5.74, 6) is -0.796. The standard InChI is InChI=1S/C34H35FN6O4Si/c1-22-31(46(2,3)35)30(15-17-39-21-24(16-18-42)37-38-39)45-34(22)28-19-26(41-32(43)27-12-8-7-9-23(27)20-36-41)13-14-29(28)40(33(34)44)25-10-5-4-6-11-25/h4-14,19-22,30-31,42H,15-18H2,1-3H3/t22-,30+,31-,34+/m1/s1. The van der Waals surface area contributed by atoms with Gasteiger partial charge in [-0.25, -0.2) is 0 Å². The molecule has 2 aliphatic rings. The monoisotopic (exact) mass is 638 g/mol.